The Morgan fingerprint density at radius 3 is 2.96 bits per heavy atom. The first-order valence-corrected chi connectivity index (χ1v) is 9.03. The highest BCUT2D eigenvalue weighted by Crippen LogP contribution is 2.26. The van der Waals surface area contributed by atoms with Crippen LogP contribution in [-0.2, 0) is 6.42 Å². The van der Waals surface area contributed by atoms with E-state index in [4.69, 9.17) is 0 Å². The lowest BCUT2D eigenvalue weighted by molar-refractivity contribution is 0.0823. The van der Waals surface area contributed by atoms with Crippen LogP contribution in [0.4, 0.5) is 0 Å². The predicted octanol–water partition coefficient (Wildman–Crippen LogP) is 3.70. The molecule has 4 heteroatoms. The monoisotopic (exact) mass is 333 g/mol. The average Bonchev–Trinajstić information content (AvgIpc) is 3.19. The highest BCUT2D eigenvalue weighted by molar-refractivity contribution is 6.09. The Labute approximate surface area is 147 Å². The molecule has 1 N–H and O–H groups in total. The average molecular weight is 333 g/mol. The molecule has 0 amide bonds. The highest BCUT2D eigenvalue weighted by Gasteiger charge is 2.27. The number of nitrogens with zero attached hydrogens (tertiary/aromatic N) is 2. The minimum absolute atomic E-state index is 0.101. The Hall–Kier alpha value is -2.46. The number of aromatic nitrogens is 2. The maximum absolute atomic E-state index is 13.2. The normalized spacial score (nSPS) is 18.5. The van der Waals surface area contributed by atoms with E-state index in [2.05, 4.69) is 33.3 Å². The van der Waals surface area contributed by atoms with Gasteiger partial charge in [-0.3, -0.25) is 9.89 Å². The quantitative estimate of drug-likeness (QED) is 0.724. The maximum atomic E-state index is 13.2. The second kappa shape index (κ2) is 7.19. The van der Waals surface area contributed by atoms with Gasteiger partial charge in [-0.05, 0) is 42.1 Å². The number of likely N-dealkylation sites (tertiary alicyclic amines) is 1. The van der Waals surface area contributed by atoms with Gasteiger partial charge in [0.2, 0.25) is 0 Å². The molecule has 2 heterocycles. The third-order valence-electron chi connectivity index (χ3n) is 5.20. The molecule has 1 atom stereocenters. The number of fused-ring (bicyclic) bond motifs is 1. The summed E-state index contributed by atoms with van der Waals surface area (Å²) in [6.45, 7) is 2.93. The summed E-state index contributed by atoms with van der Waals surface area (Å²) in [5, 5.41) is 9.07. The van der Waals surface area contributed by atoms with Gasteiger partial charge in [0.05, 0.1) is 6.20 Å². The van der Waals surface area contributed by atoms with Gasteiger partial charge in [0, 0.05) is 30.8 Å². The van der Waals surface area contributed by atoms with Gasteiger partial charge >= 0.3 is 0 Å². The third-order valence-corrected chi connectivity index (χ3v) is 5.20. The number of carbonyl (C=O) groups is 1. The number of aromatic amines is 1. The number of hydrogen-bond donors (Lipinski definition) is 1. The lowest BCUT2D eigenvalue weighted by Gasteiger charge is -2.32. The fourth-order valence-electron chi connectivity index (χ4n) is 3.83. The molecule has 1 aliphatic heterocycles. The number of hydrogen-bond acceptors (Lipinski definition) is 3. The zero-order chi connectivity index (χ0) is 17.1. The van der Waals surface area contributed by atoms with Crippen LogP contribution in [0, 0.1) is 5.92 Å². The first kappa shape index (κ1) is 16.0. The fourth-order valence-corrected chi connectivity index (χ4v) is 3.83. The molecule has 1 aromatic heterocycles. The largest absolute Gasteiger partial charge is 0.302 e. The number of H-pyrrole nitrogens is 1. The van der Waals surface area contributed by atoms with Crippen LogP contribution in [0.5, 0.6) is 0 Å². The van der Waals surface area contributed by atoms with Crippen molar-refractivity contribution in [2.75, 3.05) is 19.6 Å². The molecule has 0 radical (unpaired) electrons. The number of benzene rings is 2. The molecule has 0 bridgehead atoms. The number of ketones is 1. The predicted molar refractivity (Wildman–Crippen MR) is 99.7 cm³/mol. The van der Waals surface area contributed by atoms with Crippen molar-refractivity contribution < 1.29 is 4.79 Å². The first-order valence-electron chi connectivity index (χ1n) is 9.03. The van der Waals surface area contributed by atoms with Crippen molar-refractivity contribution in [3.8, 4) is 0 Å². The second-order valence-corrected chi connectivity index (χ2v) is 6.89. The van der Waals surface area contributed by atoms with Crippen LogP contribution < -0.4 is 0 Å². The van der Waals surface area contributed by atoms with Crippen LogP contribution in [0.15, 0.2) is 54.9 Å². The van der Waals surface area contributed by atoms with Crippen LogP contribution in [-0.4, -0.2) is 40.5 Å². The lowest BCUT2D eigenvalue weighted by atomic mass is 9.88. The topological polar surface area (TPSA) is 49.0 Å². The number of Topliss-reactive ketones (excluding diaryl/α,β-unsaturated/α-hetero) is 1. The summed E-state index contributed by atoms with van der Waals surface area (Å²) < 4.78 is 0. The smallest absolute Gasteiger partial charge is 0.167 e. The second-order valence-electron chi connectivity index (χ2n) is 6.89. The van der Waals surface area contributed by atoms with Gasteiger partial charge in [-0.25, -0.2) is 0 Å². The number of rotatable bonds is 5. The Balaban J connectivity index is 1.47. The lowest BCUT2D eigenvalue weighted by Crippen LogP contribution is -2.39. The molecular formula is C21H23N3O. The summed E-state index contributed by atoms with van der Waals surface area (Å²) in [6, 6.07) is 14.2. The molecule has 1 aliphatic rings. The highest BCUT2D eigenvalue weighted by atomic mass is 16.1. The first-order chi connectivity index (χ1) is 12.3. The molecule has 128 valence electrons. The third kappa shape index (κ3) is 3.49. The summed E-state index contributed by atoms with van der Waals surface area (Å²) in [6.07, 6.45) is 6.88. The molecular weight excluding hydrogens is 310 g/mol. The van der Waals surface area contributed by atoms with E-state index in [1.54, 1.807) is 0 Å². The summed E-state index contributed by atoms with van der Waals surface area (Å²) in [4.78, 5) is 15.6. The van der Waals surface area contributed by atoms with Gasteiger partial charge in [-0.2, -0.15) is 5.10 Å². The Morgan fingerprint density at radius 1 is 1.20 bits per heavy atom. The van der Waals surface area contributed by atoms with Gasteiger partial charge in [-0.1, -0.05) is 42.5 Å². The Morgan fingerprint density at radius 2 is 2.08 bits per heavy atom. The van der Waals surface area contributed by atoms with E-state index in [1.165, 1.54) is 5.56 Å². The summed E-state index contributed by atoms with van der Waals surface area (Å²) in [7, 11) is 0. The molecule has 2 aromatic carbocycles. The molecule has 1 saturated heterocycles. The van der Waals surface area contributed by atoms with E-state index in [-0.39, 0.29) is 5.92 Å². The van der Waals surface area contributed by atoms with Gasteiger partial charge < -0.3 is 4.90 Å². The molecule has 3 aromatic rings. The fraction of sp³-hybridized carbons (Fsp3) is 0.333. The minimum atomic E-state index is 0.101. The molecule has 0 aliphatic carbocycles. The SMILES string of the molecule is O=C(c1cccc2ccccc12)[C@@H]1CCCN(CCc2cn[nH]c2)C1. The summed E-state index contributed by atoms with van der Waals surface area (Å²) in [5.41, 5.74) is 2.10. The molecule has 0 unspecified atom stereocenters. The van der Waals surface area contributed by atoms with Crippen LogP contribution in [0.3, 0.4) is 0 Å². The van der Waals surface area contributed by atoms with E-state index in [1.807, 2.05) is 36.7 Å². The van der Waals surface area contributed by atoms with Crippen molar-refractivity contribution >= 4 is 16.6 Å². The van der Waals surface area contributed by atoms with Gasteiger partial charge in [-0.15, -0.1) is 0 Å². The van der Waals surface area contributed by atoms with Gasteiger partial charge in [0.25, 0.3) is 0 Å². The molecule has 0 saturated carbocycles. The summed E-state index contributed by atoms with van der Waals surface area (Å²) >= 11 is 0. The van der Waals surface area contributed by atoms with E-state index in [0.717, 1.165) is 55.2 Å². The summed E-state index contributed by atoms with van der Waals surface area (Å²) in [5.74, 6) is 0.397. The van der Waals surface area contributed by atoms with E-state index >= 15 is 0 Å². The molecule has 1 fully saturated rings. The molecule has 4 nitrogen and oxygen atoms in total. The Kier molecular flexibility index (Phi) is 4.61. The van der Waals surface area contributed by atoms with Crippen molar-refractivity contribution in [3.05, 3.63) is 66.0 Å². The van der Waals surface area contributed by atoms with Crippen LogP contribution in [0.1, 0.15) is 28.8 Å². The Bertz CT molecular complexity index is 851. The van der Waals surface area contributed by atoms with Crippen molar-refractivity contribution in [2.45, 2.75) is 19.3 Å². The number of piperidine rings is 1. The molecule has 0 spiro atoms. The van der Waals surface area contributed by atoms with Crippen LogP contribution in [0.2, 0.25) is 0 Å². The van der Waals surface area contributed by atoms with Gasteiger partial charge in [0.15, 0.2) is 5.78 Å². The number of nitrogens with one attached hydrogen (secondary N) is 1. The minimum Gasteiger partial charge on any atom is -0.302 e. The zero-order valence-corrected chi connectivity index (χ0v) is 14.3. The van der Waals surface area contributed by atoms with Crippen LogP contribution in [0.25, 0.3) is 10.8 Å². The van der Waals surface area contributed by atoms with E-state index in [0.29, 0.717) is 5.78 Å². The van der Waals surface area contributed by atoms with Crippen molar-refractivity contribution in [1.82, 2.24) is 15.1 Å². The van der Waals surface area contributed by atoms with Crippen LogP contribution >= 0.6 is 0 Å². The zero-order valence-electron chi connectivity index (χ0n) is 14.3. The molecule has 4 rings (SSSR count). The standard InChI is InChI=1S/C21H23N3O/c25-21(20-9-3-6-17-5-1-2-8-19(17)20)18-7-4-11-24(15-18)12-10-16-13-22-23-14-16/h1-3,5-6,8-9,13-14,18H,4,7,10-12,15H2,(H,22,23)/t18-/m1/s1. The number of carbonyl (C=O) groups excluding carboxylic acids is 1. The van der Waals surface area contributed by atoms with E-state index in [9.17, 15) is 4.79 Å². The van der Waals surface area contributed by atoms with Crippen molar-refractivity contribution in [3.63, 3.8) is 0 Å². The van der Waals surface area contributed by atoms with Crippen molar-refractivity contribution in [2.24, 2.45) is 5.92 Å². The molecule has 25 heavy (non-hydrogen) atoms. The van der Waals surface area contributed by atoms with Gasteiger partial charge in [0.1, 0.15) is 0 Å². The van der Waals surface area contributed by atoms with E-state index < -0.39 is 0 Å². The maximum Gasteiger partial charge on any atom is 0.167 e. The van der Waals surface area contributed by atoms with Crippen molar-refractivity contribution in [1.29, 1.82) is 0 Å².